The zero-order valence-corrected chi connectivity index (χ0v) is 17.6. The van der Waals surface area contributed by atoms with E-state index in [0.717, 1.165) is 12.1 Å². The van der Waals surface area contributed by atoms with Gasteiger partial charge in [0.05, 0.1) is 18.5 Å². The van der Waals surface area contributed by atoms with Crippen LogP contribution in [-0.2, 0) is 17.1 Å². The van der Waals surface area contributed by atoms with Crippen LogP contribution in [-0.4, -0.2) is 29.5 Å². The lowest BCUT2D eigenvalue weighted by Crippen LogP contribution is -2.41. The van der Waals surface area contributed by atoms with E-state index in [2.05, 4.69) is 49.1 Å². The van der Waals surface area contributed by atoms with Crippen LogP contribution in [0.5, 0.6) is 0 Å². The van der Waals surface area contributed by atoms with Crippen LogP contribution in [0.3, 0.4) is 0 Å². The number of aryl methyl sites for hydroxylation is 1. The lowest BCUT2D eigenvalue weighted by molar-refractivity contribution is -0.137. The third kappa shape index (κ3) is 5.80. The number of anilines is 2. The monoisotopic (exact) mass is 400 g/mol. The third-order valence-corrected chi connectivity index (χ3v) is 9.33. The van der Waals surface area contributed by atoms with Crippen molar-refractivity contribution >= 4 is 20.0 Å². The summed E-state index contributed by atoms with van der Waals surface area (Å²) in [4.78, 5) is 8.28. The van der Waals surface area contributed by atoms with E-state index in [0.29, 0.717) is 19.0 Å². The fourth-order valence-electron chi connectivity index (χ4n) is 2.20. The molecule has 2 aromatic heterocycles. The Bertz CT molecular complexity index is 782. The summed E-state index contributed by atoms with van der Waals surface area (Å²) < 4.78 is 46.7. The van der Waals surface area contributed by atoms with Crippen molar-refractivity contribution in [1.82, 2.24) is 14.5 Å². The highest BCUT2D eigenvalue weighted by Crippen LogP contribution is 2.36. The second kappa shape index (κ2) is 7.63. The summed E-state index contributed by atoms with van der Waals surface area (Å²) in [5.74, 6) is 0.554. The first-order valence-electron chi connectivity index (χ1n) is 8.76. The number of aromatic nitrogens is 3. The lowest BCUT2D eigenvalue weighted by Gasteiger charge is -2.36. The molecule has 0 aliphatic heterocycles. The number of hydrogen-bond donors (Lipinski definition) is 1. The Morgan fingerprint density at radius 2 is 1.81 bits per heavy atom. The molecule has 9 heteroatoms. The van der Waals surface area contributed by atoms with Gasteiger partial charge in [-0.25, -0.2) is 9.97 Å². The highest BCUT2D eigenvalue weighted by atomic mass is 28.4. The van der Waals surface area contributed by atoms with Gasteiger partial charge in [-0.1, -0.05) is 20.8 Å². The zero-order chi connectivity index (χ0) is 20.5. The first kappa shape index (κ1) is 21.4. The number of imidazole rings is 1. The van der Waals surface area contributed by atoms with Gasteiger partial charge in [-0.3, -0.25) is 0 Å². The standard InChI is InChI=1S/C18H27F3N4OSi/c1-13-9-14(18(19,20)21)10-15(23-13)24-16-11-25(12-22-16)7-8-26-27(5,6)17(2,3)4/h9-12H,7-8H2,1-6H3,(H,23,24). The largest absolute Gasteiger partial charge is 0.416 e. The van der Waals surface area contributed by atoms with E-state index in [9.17, 15) is 13.2 Å². The average Bonchev–Trinajstić information content (AvgIpc) is 2.91. The fourth-order valence-corrected chi connectivity index (χ4v) is 3.23. The van der Waals surface area contributed by atoms with Crippen LogP contribution >= 0.6 is 0 Å². The smallest absolute Gasteiger partial charge is 0.415 e. The number of halogens is 3. The SMILES string of the molecule is Cc1cc(C(F)(F)F)cc(Nc2cn(CCO[Si](C)(C)C(C)(C)C)cn2)n1. The summed E-state index contributed by atoms with van der Waals surface area (Å²) in [6.07, 6.45) is -1.06. The molecule has 1 N–H and O–H groups in total. The number of nitrogens with zero attached hydrogens (tertiary/aromatic N) is 3. The maximum Gasteiger partial charge on any atom is 0.416 e. The molecule has 2 heterocycles. The molecule has 0 spiro atoms. The summed E-state index contributed by atoms with van der Waals surface area (Å²) in [5, 5.41) is 2.97. The Labute approximate surface area is 159 Å². The molecule has 5 nitrogen and oxygen atoms in total. The number of pyridine rings is 1. The number of rotatable bonds is 6. The molecule has 2 aromatic rings. The molecule has 0 saturated heterocycles. The number of alkyl halides is 3. The van der Waals surface area contributed by atoms with E-state index in [-0.39, 0.29) is 16.6 Å². The molecule has 0 aromatic carbocycles. The minimum absolute atomic E-state index is 0.116. The van der Waals surface area contributed by atoms with Crippen LogP contribution in [0.2, 0.25) is 18.1 Å². The van der Waals surface area contributed by atoms with Gasteiger partial charge in [0.15, 0.2) is 8.32 Å². The predicted octanol–water partition coefficient (Wildman–Crippen LogP) is 5.37. The zero-order valence-electron chi connectivity index (χ0n) is 16.6. The minimum Gasteiger partial charge on any atom is -0.415 e. The minimum atomic E-state index is -4.41. The Morgan fingerprint density at radius 1 is 1.15 bits per heavy atom. The maximum atomic E-state index is 12.9. The molecule has 2 rings (SSSR count). The van der Waals surface area contributed by atoms with Crippen molar-refractivity contribution in [3.05, 3.63) is 35.9 Å². The van der Waals surface area contributed by atoms with Gasteiger partial charge in [0, 0.05) is 18.4 Å². The Kier molecular flexibility index (Phi) is 6.05. The Hall–Kier alpha value is -1.87. The van der Waals surface area contributed by atoms with Crippen molar-refractivity contribution in [2.24, 2.45) is 0 Å². The van der Waals surface area contributed by atoms with Gasteiger partial charge in [-0.2, -0.15) is 13.2 Å². The van der Waals surface area contributed by atoms with Crippen LogP contribution in [0.4, 0.5) is 24.8 Å². The topological polar surface area (TPSA) is 52.0 Å². The van der Waals surface area contributed by atoms with E-state index >= 15 is 0 Å². The predicted molar refractivity (Wildman–Crippen MR) is 103 cm³/mol. The molecular formula is C18H27F3N4OSi. The number of hydrogen-bond acceptors (Lipinski definition) is 4. The van der Waals surface area contributed by atoms with Gasteiger partial charge in [0.25, 0.3) is 0 Å². The molecular weight excluding hydrogens is 373 g/mol. The second-order valence-electron chi connectivity index (χ2n) is 8.11. The molecule has 150 valence electrons. The molecule has 0 atom stereocenters. The van der Waals surface area contributed by atoms with Crippen molar-refractivity contribution < 1.29 is 17.6 Å². The summed E-state index contributed by atoms with van der Waals surface area (Å²) >= 11 is 0. The van der Waals surface area contributed by atoms with Crippen molar-refractivity contribution in [2.45, 2.75) is 58.5 Å². The van der Waals surface area contributed by atoms with E-state index in [1.807, 2.05) is 4.57 Å². The second-order valence-corrected chi connectivity index (χ2v) is 12.9. The van der Waals surface area contributed by atoms with E-state index in [1.54, 1.807) is 12.5 Å². The van der Waals surface area contributed by atoms with Crippen LogP contribution in [0.15, 0.2) is 24.7 Å². The summed E-state index contributed by atoms with van der Waals surface area (Å²) in [6.45, 7) is 13.6. The first-order valence-corrected chi connectivity index (χ1v) is 11.7. The summed E-state index contributed by atoms with van der Waals surface area (Å²) in [5.41, 5.74) is -0.450. The van der Waals surface area contributed by atoms with Crippen molar-refractivity contribution in [3.8, 4) is 0 Å². The molecule has 27 heavy (non-hydrogen) atoms. The normalized spacial score (nSPS) is 13.1. The summed E-state index contributed by atoms with van der Waals surface area (Å²) in [7, 11) is -1.81. The van der Waals surface area contributed by atoms with Crippen LogP contribution in [0.25, 0.3) is 0 Å². The van der Waals surface area contributed by atoms with Gasteiger partial charge in [-0.15, -0.1) is 0 Å². The maximum absolute atomic E-state index is 12.9. The van der Waals surface area contributed by atoms with Gasteiger partial charge < -0.3 is 14.3 Å². The molecule has 0 radical (unpaired) electrons. The van der Waals surface area contributed by atoms with Crippen molar-refractivity contribution in [2.75, 3.05) is 11.9 Å². The van der Waals surface area contributed by atoms with Gasteiger partial charge >= 0.3 is 6.18 Å². The van der Waals surface area contributed by atoms with Crippen molar-refractivity contribution in [3.63, 3.8) is 0 Å². The lowest BCUT2D eigenvalue weighted by atomic mass is 10.2. The fraction of sp³-hybridized carbons (Fsp3) is 0.556. The Morgan fingerprint density at radius 3 is 2.41 bits per heavy atom. The molecule has 0 saturated carbocycles. The van der Waals surface area contributed by atoms with Crippen LogP contribution in [0.1, 0.15) is 32.0 Å². The first-order chi connectivity index (χ1) is 12.3. The third-order valence-electron chi connectivity index (χ3n) is 4.79. The van der Waals surface area contributed by atoms with E-state index in [4.69, 9.17) is 4.43 Å². The van der Waals surface area contributed by atoms with E-state index < -0.39 is 20.1 Å². The average molecular weight is 401 g/mol. The molecule has 0 aliphatic rings. The highest BCUT2D eigenvalue weighted by Gasteiger charge is 2.36. The van der Waals surface area contributed by atoms with Crippen LogP contribution < -0.4 is 5.32 Å². The highest BCUT2D eigenvalue weighted by molar-refractivity contribution is 6.74. The number of nitrogens with one attached hydrogen (secondary N) is 1. The molecule has 0 amide bonds. The van der Waals surface area contributed by atoms with Gasteiger partial charge in [-0.05, 0) is 37.2 Å². The Balaban J connectivity index is 2.00. The van der Waals surface area contributed by atoms with Gasteiger partial charge in [0.1, 0.15) is 11.6 Å². The quantitative estimate of drug-likeness (QED) is 0.662. The van der Waals surface area contributed by atoms with E-state index in [1.165, 1.54) is 6.92 Å². The molecule has 0 unspecified atom stereocenters. The molecule has 0 aliphatic carbocycles. The van der Waals surface area contributed by atoms with Gasteiger partial charge in [0.2, 0.25) is 0 Å². The van der Waals surface area contributed by atoms with Crippen molar-refractivity contribution in [1.29, 1.82) is 0 Å². The van der Waals surface area contributed by atoms with Crippen LogP contribution in [0, 0.1) is 6.92 Å². The molecule has 0 fully saturated rings. The summed E-state index contributed by atoms with van der Waals surface area (Å²) in [6, 6.07) is 1.99. The molecule has 0 bridgehead atoms.